The third kappa shape index (κ3) is 1.65. The maximum absolute atomic E-state index is 12.2. The molecule has 1 saturated carbocycles. The first-order valence-corrected chi connectivity index (χ1v) is 6.84. The van der Waals surface area contributed by atoms with Crippen molar-refractivity contribution < 1.29 is 9.53 Å². The molecule has 0 spiro atoms. The molecule has 0 radical (unpaired) electrons. The van der Waals surface area contributed by atoms with Crippen molar-refractivity contribution in [3.8, 4) is 0 Å². The molecule has 3 aliphatic rings. The molecule has 96 valence electrons. The van der Waals surface area contributed by atoms with Crippen LogP contribution in [0.1, 0.15) is 12.0 Å². The molecule has 2 bridgehead atoms. The van der Waals surface area contributed by atoms with Gasteiger partial charge in [0.25, 0.3) is 0 Å². The maximum Gasteiger partial charge on any atom is 0.318 e. The molecule has 0 amide bonds. The van der Waals surface area contributed by atoms with Crippen molar-refractivity contribution >= 4 is 23.5 Å². The van der Waals surface area contributed by atoms with Gasteiger partial charge in [-0.1, -0.05) is 23.8 Å². The van der Waals surface area contributed by atoms with E-state index in [4.69, 9.17) is 16.3 Å². The largest absolute Gasteiger partial charge is 0.407 e. The molecule has 1 aromatic carbocycles. The van der Waals surface area contributed by atoms with E-state index in [1.54, 1.807) is 12.1 Å². The van der Waals surface area contributed by atoms with Crippen LogP contribution in [0.5, 0.6) is 0 Å². The summed E-state index contributed by atoms with van der Waals surface area (Å²) in [5.41, 5.74) is 0.808. The van der Waals surface area contributed by atoms with E-state index in [1.165, 1.54) is 0 Å². The zero-order valence-electron chi connectivity index (χ0n) is 10.1. The number of fused-ring (bicyclic) bond motifs is 5. The van der Waals surface area contributed by atoms with E-state index < -0.39 is 0 Å². The van der Waals surface area contributed by atoms with E-state index in [9.17, 15) is 4.79 Å². The Bertz CT molecular complexity index is 605. The van der Waals surface area contributed by atoms with Gasteiger partial charge in [0.15, 0.2) is 0 Å². The number of allylic oxidation sites excluding steroid dienone is 1. The first kappa shape index (κ1) is 11.2. The van der Waals surface area contributed by atoms with Crippen LogP contribution >= 0.6 is 11.6 Å². The van der Waals surface area contributed by atoms with Crippen LogP contribution in [0, 0.1) is 17.8 Å². The van der Waals surface area contributed by atoms with Crippen LogP contribution in [0.15, 0.2) is 41.4 Å². The lowest BCUT2D eigenvalue weighted by atomic mass is 9.88. The standard InChI is InChI=1S/C15H12ClNO2/c16-11-5-3-8(4-6-11)14-17-13-10-2-1-9(7-10)12(13)15(18)19-14/h1-6,9-10,12-13H,7H2. The van der Waals surface area contributed by atoms with Crippen molar-refractivity contribution in [3.05, 3.63) is 47.0 Å². The van der Waals surface area contributed by atoms with Gasteiger partial charge in [0.05, 0.1) is 12.0 Å². The fourth-order valence-corrected chi connectivity index (χ4v) is 3.46. The number of cyclic esters (lactones) is 1. The molecule has 0 aromatic heterocycles. The highest BCUT2D eigenvalue weighted by Crippen LogP contribution is 2.47. The summed E-state index contributed by atoms with van der Waals surface area (Å²) in [6, 6.07) is 7.28. The van der Waals surface area contributed by atoms with Crippen molar-refractivity contribution in [1.29, 1.82) is 0 Å². The van der Waals surface area contributed by atoms with Crippen molar-refractivity contribution in [3.63, 3.8) is 0 Å². The number of hydrogen-bond donors (Lipinski definition) is 0. The lowest BCUT2D eigenvalue weighted by Gasteiger charge is -2.28. The number of carbonyl (C=O) groups is 1. The molecule has 4 rings (SSSR count). The molecule has 1 aromatic rings. The molecule has 0 saturated heterocycles. The van der Waals surface area contributed by atoms with E-state index in [2.05, 4.69) is 17.1 Å². The van der Waals surface area contributed by atoms with Crippen LogP contribution in [0.25, 0.3) is 0 Å². The number of benzene rings is 1. The fourth-order valence-electron chi connectivity index (χ4n) is 3.34. The van der Waals surface area contributed by atoms with E-state index in [0.717, 1.165) is 12.0 Å². The highest BCUT2D eigenvalue weighted by molar-refractivity contribution is 6.30. The third-order valence-corrected chi connectivity index (χ3v) is 4.50. The second kappa shape index (κ2) is 3.94. The van der Waals surface area contributed by atoms with Gasteiger partial charge < -0.3 is 4.74 Å². The molecule has 1 fully saturated rings. The molecule has 4 unspecified atom stereocenters. The molecular formula is C15H12ClNO2. The third-order valence-electron chi connectivity index (χ3n) is 4.24. The molecule has 2 aliphatic carbocycles. The van der Waals surface area contributed by atoms with Gasteiger partial charge in [-0.3, -0.25) is 4.79 Å². The number of halogens is 1. The van der Waals surface area contributed by atoms with E-state index in [0.29, 0.717) is 22.8 Å². The van der Waals surface area contributed by atoms with Gasteiger partial charge in [-0.05, 0) is 36.6 Å². The summed E-state index contributed by atoms with van der Waals surface area (Å²) in [6.45, 7) is 0. The molecule has 4 heteroatoms. The maximum atomic E-state index is 12.2. The lowest BCUT2D eigenvalue weighted by Crippen LogP contribution is -2.38. The van der Waals surface area contributed by atoms with Crippen molar-refractivity contribution in [2.24, 2.45) is 22.7 Å². The van der Waals surface area contributed by atoms with E-state index in [-0.39, 0.29) is 17.9 Å². The highest BCUT2D eigenvalue weighted by atomic mass is 35.5. The van der Waals surface area contributed by atoms with E-state index >= 15 is 0 Å². The molecule has 1 aliphatic heterocycles. The second-order valence-electron chi connectivity index (χ2n) is 5.33. The predicted molar refractivity (Wildman–Crippen MR) is 72.1 cm³/mol. The zero-order valence-corrected chi connectivity index (χ0v) is 10.9. The number of aliphatic imine (C=N–C) groups is 1. The average molecular weight is 274 g/mol. The summed E-state index contributed by atoms with van der Waals surface area (Å²) in [4.78, 5) is 16.8. The smallest absolute Gasteiger partial charge is 0.318 e. The van der Waals surface area contributed by atoms with Gasteiger partial charge in [0.2, 0.25) is 5.90 Å². The zero-order chi connectivity index (χ0) is 13.0. The number of rotatable bonds is 1. The Morgan fingerprint density at radius 2 is 1.89 bits per heavy atom. The quantitative estimate of drug-likeness (QED) is 0.583. The highest BCUT2D eigenvalue weighted by Gasteiger charge is 2.51. The summed E-state index contributed by atoms with van der Waals surface area (Å²) < 4.78 is 5.41. The Balaban J connectivity index is 1.73. The molecule has 19 heavy (non-hydrogen) atoms. The Hall–Kier alpha value is -1.61. The van der Waals surface area contributed by atoms with Crippen LogP contribution in [0.2, 0.25) is 5.02 Å². The minimum absolute atomic E-state index is 0.0573. The summed E-state index contributed by atoms with van der Waals surface area (Å²) >= 11 is 5.86. The lowest BCUT2D eigenvalue weighted by molar-refractivity contribution is -0.142. The van der Waals surface area contributed by atoms with Crippen LogP contribution in [-0.4, -0.2) is 17.9 Å². The van der Waals surface area contributed by atoms with Crippen LogP contribution in [-0.2, 0) is 9.53 Å². The summed E-state index contributed by atoms with van der Waals surface area (Å²) in [5, 5.41) is 0.659. The Morgan fingerprint density at radius 1 is 1.16 bits per heavy atom. The van der Waals surface area contributed by atoms with Crippen LogP contribution < -0.4 is 0 Å². The summed E-state index contributed by atoms with van der Waals surface area (Å²) in [6.07, 6.45) is 5.35. The average Bonchev–Trinajstić information content (AvgIpc) is 3.00. The predicted octanol–water partition coefficient (Wildman–Crippen LogP) is 2.83. The Morgan fingerprint density at radius 3 is 2.68 bits per heavy atom. The second-order valence-corrected chi connectivity index (χ2v) is 5.76. The number of ether oxygens (including phenoxy) is 1. The van der Waals surface area contributed by atoms with Crippen molar-refractivity contribution in [2.45, 2.75) is 12.5 Å². The number of esters is 1. The summed E-state index contributed by atoms with van der Waals surface area (Å²) in [7, 11) is 0. The molecule has 0 N–H and O–H groups in total. The number of carbonyl (C=O) groups excluding carboxylic acids is 1. The van der Waals surface area contributed by atoms with Crippen molar-refractivity contribution in [1.82, 2.24) is 0 Å². The molecule has 4 atom stereocenters. The van der Waals surface area contributed by atoms with Gasteiger partial charge in [-0.15, -0.1) is 0 Å². The number of nitrogens with zero attached hydrogens (tertiary/aromatic N) is 1. The van der Waals surface area contributed by atoms with Gasteiger partial charge in [0.1, 0.15) is 0 Å². The normalized spacial score (nSPS) is 35.0. The molecule has 1 heterocycles. The van der Waals surface area contributed by atoms with Gasteiger partial charge in [-0.25, -0.2) is 4.99 Å². The Kier molecular flexibility index (Phi) is 2.33. The first-order chi connectivity index (χ1) is 9.22. The van der Waals surface area contributed by atoms with Gasteiger partial charge in [-0.2, -0.15) is 0 Å². The number of hydrogen-bond acceptors (Lipinski definition) is 3. The monoisotopic (exact) mass is 273 g/mol. The molecule has 3 nitrogen and oxygen atoms in total. The SMILES string of the molecule is O=C1OC(c2ccc(Cl)cc2)=NC2C3C=CC(C3)C12. The molecular weight excluding hydrogens is 262 g/mol. The van der Waals surface area contributed by atoms with Crippen molar-refractivity contribution in [2.75, 3.05) is 0 Å². The minimum Gasteiger partial charge on any atom is -0.407 e. The van der Waals surface area contributed by atoms with Crippen LogP contribution in [0.4, 0.5) is 0 Å². The minimum atomic E-state index is -0.137. The van der Waals surface area contributed by atoms with Gasteiger partial charge >= 0.3 is 5.97 Å². The van der Waals surface area contributed by atoms with Gasteiger partial charge in [0, 0.05) is 16.5 Å². The van der Waals surface area contributed by atoms with Crippen LogP contribution in [0.3, 0.4) is 0 Å². The first-order valence-electron chi connectivity index (χ1n) is 6.46. The fraction of sp³-hybridized carbons (Fsp3) is 0.333. The topological polar surface area (TPSA) is 38.7 Å². The summed E-state index contributed by atoms with van der Waals surface area (Å²) in [5.74, 6) is 0.930. The Labute approximate surface area is 115 Å². The van der Waals surface area contributed by atoms with E-state index in [1.807, 2.05) is 12.1 Å².